The van der Waals surface area contributed by atoms with Crippen molar-refractivity contribution in [3.63, 3.8) is 0 Å². The number of fused-ring (bicyclic) bond motifs is 1. The molecule has 2 heteroatoms. The average Bonchev–Trinajstić information content (AvgIpc) is 3.18. The Bertz CT molecular complexity index is 1110. The van der Waals surface area contributed by atoms with Crippen LogP contribution in [0.2, 0.25) is 0 Å². The summed E-state index contributed by atoms with van der Waals surface area (Å²) in [5.41, 5.74) is 6.27. The summed E-state index contributed by atoms with van der Waals surface area (Å²) in [6.07, 6.45) is 4.93. The van der Waals surface area contributed by atoms with Gasteiger partial charge in [0.15, 0.2) is 0 Å². The van der Waals surface area contributed by atoms with E-state index in [9.17, 15) is 0 Å². The van der Waals surface area contributed by atoms with Crippen LogP contribution in [-0.2, 0) is 6.42 Å². The van der Waals surface area contributed by atoms with Crippen molar-refractivity contribution in [3.05, 3.63) is 83.9 Å². The third-order valence-electron chi connectivity index (χ3n) is 5.17. The lowest BCUT2D eigenvalue weighted by molar-refractivity contribution is 0.631. The number of aryl methyl sites for hydroxylation is 1. The summed E-state index contributed by atoms with van der Waals surface area (Å²) in [6.45, 7) is 2.23. The molecule has 0 unspecified atom stereocenters. The number of furan rings is 1. The van der Waals surface area contributed by atoms with E-state index in [1.807, 2.05) is 30.3 Å². The molecule has 0 amide bonds. The standard InChI is InChI=1S/C26H23NO/c1-2-3-4-5-19-6-12-22(13-7-19)26-17-24-16-23(14-15-25(24)28-26)21-10-8-20(18-27)9-11-21/h6-17H,2-5H2,1H3. The minimum Gasteiger partial charge on any atom is -0.456 e. The molecule has 28 heavy (non-hydrogen) atoms. The first kappa shape index (κ1) is 18.1. The molecule has 4 rings (SSSR count). The Labute approximate surface area is 166 Å². The fourth-order valence-corrected chi connectivity index (χ4v) is 3.52. The van der Waals surface area contributed by atoms with Gasteiger partial charge in [0, 0.05) is 10.9 Å². The highest BCUT2D eigenvalue weighted by molar-refractivity contribution is 5.87. The van der Waals surface area contributed by atoms with Gasteiger partial charge in [-0.1, -0.05) is 62.2 Å². The molecular formula is C26H23NO. The lowest BCUT2D eigenvalue weighted by Gasteiger charge is -2.02. The fraction of sp³-hybridized carbons (Fsp3) is 0.192. The van der Waals surface area contributed by atoms with Crippen LogP contribution in [0.15, 0.2) is 77.2 Å². The predicted octanol–water partition coefficient (Wildman–Crippen LogP) is 7.37. The first-order valence-corrected chi connectivity index (χ1v) is 9.90. The maximum absolute atomic E-state index is 8.96. The van der Waals surface area contributed by atoms with Crippen molar-refractivity contribution in [1.29, 1.82) is 5.26 Å². The van der Waals surface area contributed by atoms with Gasteiger partial charge in [-0.3, -0.25) is 0 Å². The molecule has 138 valence electrons. The second kappa shape index (κ2) is 8.15. The molecule has 0 saturated heterocycles. The molecule has 0 atom stereocenters. The number of rotatable bonds is 6. The normalized spacial score (nSPS) is 10.9. The first-order chi connectivity index (χ1) is 13.8. The van der Waals surface area contributed by atoms with E-state index in [-0.39, 0.29) is 0 Å². The van der Waals surface area contributed by atoms with Crippen LogP contribution in [0.25, 0.3) is 33.4 Å². The summed E-state index contributed by atoms with van der Waals surface area (Å²) >= 11 is 0. The van der Waals surface area contributed by atoms with Gasteiger partial charge in [0.25, 0.3) is 0 Å². The summed E-state index contributed by atoms with van der Waals surface area (Å²) in [5, 5.41) is 10.0. The maximum atomic E-state index is 8.96. The molecule has 0 fully saturated rings. The van der Waals surface area contributed by atoms with Gasteiger partial charge in [-0.05, 0) is 59.9 Å². The summed E-state index contributed by atoms with van der Waals surface area (Å²) in [6, 6.07) is 26.9. The smallest absolute Gasteiger partial charge is 0.135 e. The van der Waals surface area contributed by atoms with Gasteiger partial charge in [0.2, 0.25) is 0 Å². The van der Waals surface area contributed by atoms with Crippen molar-refractivity contribution < 1.29 is 4.42 Å². The van der Waals surface area contributed by atoms with E-state index in [1.165, 1.54) is 24.8 Å². The highest BCUT2D eigenvalue weighted by Gasteiger charge is 2.08. The quantitative estimate of drug-likeness (QED) is 0.334. The Balaban J connectivity index is 1.58. The molecule has 0 aliphatic carbocycles. The Morgan fingerprint density at radius 1 is 0.786 bits per heavy atom. The second-order valence-corrected chi connectivity index (χ2v) is 7.21. The molecule has 0 saturated carbocycles. The summed E-state index contributed by atoms with van der Waals surface area (Å²) in [5.74, 6) is 0.895. The predicted molar refractivity (Wildman–Crippen MR) is 115 cm³/mol. The number of nitrogens with zero attached hydrogens (tertiary/aromatic N) is 1. The number of hydrogen-bond acceptors (Lipinski definition) is 2. The van der Waals surface area contributed by atoms with Crippen LogP contribution < -0.4 is 0 Å². The number of benzene rings is 3. The molecule has 0 aliphatic heterocycles. The molecule has 0 N–H and O–H groups in total. The third kappa shape index (κ3) is 3.85. The zero-order valence-electron chi connectivity index (χ0n) is 16.1. The lowest BCUT2D eigenvalue weighted by atomic mass is 10.0. The van der Waals surface area contributed by atoms with Gasteiger partial charge in [0.05, 0.1) is 11.6 Å². The molecule has 0 radical (unpaired) electrons. The Morgan fingerprint density at radius 3 is 2.21 bits per heavy atom. The zero-order chi connectivity index (χ0) is 19.3. The van der Waals surface area contributed by atoms with Gasteiger partial charge < -0.3 is 4.42 Å². The molecule has 1 aromatic heterocycles. The van der Waals surface area contributed by atoms with Crippen molar-refractivity contribution in [2.75, 3.05) is 0 Å². The number of unbranched alkanes of at least 4 members (excludes halogenated alkanes) is 2. The van der Waals surface area contributed by atoms with Gasteiger partial charge >= 0.3 is 0 Å². The van der Waals surface area contributed by atoms with E-state index in [0.717, 1.165) is 39.8 Å². The minimum absolute atomic E-state index is 0.675. The minimum atomic E-state index is 0.675. The highest BCUT2D eigenvalue weighted by Crippen LogP contribution is 2.31. The molecular weight excluding hydrogens is 342 g/mol. The van der Waals surface area contributed by atoms with Crippen LogP contribution in [0.1, 0.15) is 37.3 Å². The van der Waals surface area contributed by atoms with Crippen molar-refractivity contribution in [3.8, 4) is 28.5 Å². The Kier molecular flexibility index (Phi) is 5.26. The molecule has 2 nitrogen and oxygen atoms in total. The van der Waals surface area contributed by atoms with Crippen molar-refractivity contribution >= 4 is 11.0 Å². The highest BCUT2D eigenvalue weighted by atomic mass is 16.3. The van der Waals surface area contributed by atoms with E-state index in [1.54, 1.807) is 0 Å². The van der Waals surface area contributed by atoms with Crippen LogP contribution in [0.5, 0.6) is 0 Å². The first-order valence-electron chi connectivity index (χ1n) is 9.90. The molecule has 0 bridgehead atoms. The summed E-state index contributed by atoms with van der Waals surface area (Å²) in [4.78, 5) is 0. The lowest BCUT2D eigenvalue weighted by Crippen LogP contribution is -1.85. The van der Waals surface area contributed by atoms with Crippen LogP contribution in [0.3, 0.4) is 0 Å². The molecule has 0 aliphatic rings. The van der Waals surface area contributed by atoms with Gasteiger partial charge in [-0.25, -0.2) is 0 Å². The average molecular weight is 365 g/mol. The SMILES string of the molecule is CCCCCc1ccc(-c2cc3cc(-c4ccc(C#N)cc4)ccc3o2)cc1. The van der Waals surface area contributed by atoms with E-state index >= 15 is 0 Å². The third-order valence-corrected chi connectivity index (χ3v) is 5.17. The Hall–Kier alpha value is -3.31. The second-order valence-electron chi connectivity index (χ2n) is 7.21. The maximum Gasteiger partial charge on any atom is 0.135 e. The summed E-state index contributed by atoms with van der Waals surface area (Å²) in [7, 11) is 0. The van der Waals surface area contributed by atoms with E-state index < -0.39 is 0 Å². The van der Waals surface area contributed by atoms with Gasteiger partial charge in [-0.2, -0.15) is 5.26 Å². The number of nitriles is 1. The summed E-state index contributed by atoms with van der Waals surface area (Å²) < 4.78 is 6.08. The molecule has 1 heterocycles. The van der Waals surface area contributed by atoms with Crippen molar-refractivity contribution in [1.82, 2.24) is 0 Å². The van der Waals surface area contributed by atoms with Gasteiger partial charge in [-0.15, -0.1) is 0 Å². The van der Waals surface area contributed by atoms with Crippen molar-refractivity contribution in [2.24, 2.45) is 0 Å². The molecule has 3 aromatic carbocycles. The monoisotopic (exact) mass is 365 g/mol. The topological polar surface area (TPSA) is 36.9 Å². The van der Waals surface area contributed by atoms with Gasteiger partial charge in [0.1, 0.15) is 11.3 Å². The number of hydrogen-bond donors (Lipinski definition) is 0. The van der Waals surface area contributed by atoms with E-state index in [0.29, 0.717) is 5.56 Å². The zero-order valence-corrected chi connectivity index (χ0v) is 16.1. The largest absolute Gasteiger partial charge is 0.456 e. The van der Waals surface area contributed by atoms with Crippen LogP contribution in [-0.4, -0.2) is 0 Å². The van der Waals surface area contributed by atoms with Crippen LogP contribution in [0.4, 0.5) is 0 Å². The fourth-order valence-electron chi connectivity index (χ4n) is 3.52. The van der Waals surface area contributed by atoms with Crippen molar-refractivity contribution in [2.45, 2.75) is 32.6 Å². The van der Waals surface area contributed by atoms with E-state index in [4.69, 9.17) is 9.68 Å². The van der Waals surface area contributed by atoms with Crippen LogP contribution in [0, 0.1) is 11.3 Å². The molecule has 0 spiro atoms. The Morgan fingerprint density at radius 2 is 1.50 bits per heavy atom. The molecule has 4 aromatic rings. The van der Waals surface area contributed by atoms with Crippen LogP contribution >= 0.6 is 0 Å². The van der Waals surface area contributed by atoms with E-state index in [2.05, 4.69) is 55.5 Å².